The number of rotatable bonds is 9. The molecule has 0 unspecified atom stereocenters. The molecule has 1 aliphatic rings. The largest absolute Gasteiger partial charge is 0.372 e. The number of amides is 2. The second kappa shape index (κ2) is 9.57. The van der Waals surface area contributed by atoms with Gasteiger partial charge in [0.25, 0.3) is 5.91 Å². The Hall–Kier alpha value is -2.32. The molecule has 27 heavy (non-hydrogen) atoms. The van der Waals surface area contributed by atoms with Crippen LogP contribution in [0.5, 0.6) is 0 Å². The van der Waals surface area contributed by atoms with Gasteiger partial charge < -0.3 is 15.4 Å². The highest BCUT2D eigenvalue weighted by atomic mass is 32.2. The monoisotopic (exact) mass is 388 g/mol. The number of ether oxygens (including phenoxy) is 1. The third-order valence-corrected chi connectivity index (χ3v) is 5.16. The minimum atomic E-state index is -0.234. The van der Waals surface area contributed by atoms with Crippen LogP contribution in [0.15, 0.2) is 30.3 Å². The molecule has 2 heterocycles. The van der Waals surface area contributed by atoms with Gasteiger partial charge in [-0.3, -0.25) is 9.59 Å². The lowest BCUT2D eigenvalue weighted by Gasteiger charge is -2.11. The number of aromatic nitrogens is 2. The number of nitrogens with zero attached hydrogens (tertiary/aromatic N) is 2. The third kappa shape index (κ3) is 5.33. The molecule has 144 valence electrons. The first kappa shape index (κ1) is 19.4. The molecule has 0 radical (unpaired) electrons. The average Bonchev–Trinajstić information content (AvgIpc) is 3.24. The van der Waals surface area contributed by atoms with Gasteiger partial charge in [-0.25, -0.2) is 4.68 Å². The Morgan fingerprint density at radius 1 is 1.22 bits per heavy atom. The fourth-order valence-electron chi connectivity index (χ4n) is 2.87. The molecule has 2 amide bonds. The van der Waals surface area contributed by atoms with Gasteiger partial charge in [0.1, 0.15) is 19.0 Å². The topological polar surface area (TPSA) is 85.2 Å². The second-order valence-corrected chi connectivity index (χ2v) is 7.18. The van der Waals surface area contributed by atoms with Crippen LogP contribution in [-0.2, 0) is 38.8 Å². The van der Waals surface area contributed by atoms with Crippen LogP contribution in [0, 0.1) is 0 Å². The number of hydrogen-bond acceptors (Lipinski definition) is 5. The lowest BCUT2D eigenvalue weighted by molar-refractivity contribution is -0.122. The summed E-state index contributed by atoms with van der Waals surface area (Å²) in [5.74, 6) is 1.83. The van der Waals surface area contributed by atoms with Gasteiger partial charge in [0.15, 0.2) is 0 Å². The van der Waals surface area contributed by atoms with Crippen LogP contribution in [0.25, 0.3) is 0 Å². The first-order valence-electron chi connectivity index (χ1n) is 9.02. The highest BCUT2D eigenvalue weighted by Gasteiger charge is 2.24. The molecule has 1 aromatic carbocycles. The van der Waals surface area contributed by atoms with Gasteiger partial charge in [0.2, 0.25) is 5.91 Å². The fourth-order valence-corrected chi connectivity index (χ4v) is 3.90. The summed E-state index contributed by atoms with van der Waals surface area (Å²) in [5.41, 5.74) is 3.11. The van der Waals surface area contributed by atoms with Gasteiger partial charge in [-0.05, 0) is 18.9 Å². The number of carbonyl (C=O) groups excluding carboxylic acids is 2. The Labute approximate surface area is 162 Å². The first-order valence-corrected chi connectivity index (χ1v) is 10.2. The van der Waals surface area contributed by atoms with E-state index in [0.717, 1.165) is 29.2 Å². The number of hydrogen-bond donors (Lipinski definition) is 2. The molecular weight excluding hydrogens is 364 g/mol. The Bertz CT molecular complexity index is 792. The van der Waals surface area contributed by atoms with Gasteiger partial charge in [0, 0.05) is 30.2 Å². The summed E-state index contributed by atoms with van der Waals surface area (Å²) in [6.07, 6.45) is 0.775. The zero-order valence-corrected chi connectivity index (χ0v) is 16.2. The van der Waals surface area contributed by atoms with Crippen LogP contribution in [0.1, 0.15) is 23.7 Å². The summed E-state index contributed by atoms with van der Waals surface area (Å²) in [6, 6.07) is 10.0. The number of benzene rings is 1. The first-order chi connectivity index (χ1) is 13.2. The highest BCUT2D eigenvalue weighted by molar-refractivity contribution is 7.98. The molecule has 2 N–H and O–H groups in total. The predicted octanol–water partition coefficient (Wildman–Crippen LogP) is 1.96. The Kier molecular flexibility index (Phi) is 6.89. The lowest BCUT2D eigenvalue weighted by atomic mass is 10.1. The van der Waals surface area contributed by atoms with Crippen molar-refractivity contribution in [1.29, 1.82) is 0 Å². The third-order valence-electron chi connectivity index (χ3n) is 4.19. The van der Waals surface area contributed by atoms with Crippen molar-refractivity contribution in [1.82, 2.24) is 15.1 Å². The van der Waals surface area contributed by atoms with Gasteiger partial charge >= 0.3 is 0 Å². The van der Waals surface area contributed by atoms with Crippen molar-refractivity contribution in [2.24, 2.45) is 0 Å². The molecule has 0 bridgehead atoms. The molecule has 1 aliphatic heterocycles. The normalized spacial score (nSPS) is 12.6. The van der Waals surface area contributed by atoms with Gasteiger partial charge in [-0.2, -0.15) is 16.9 Å². The zero-order valence-electron chi connectivity index (χ0n) is 15.4. The van der Waals surface area contributed by atoms with Gasteiger partial charge in [-0.15, -0.1) is 0 Å². The van der Waals surface area contributed by atoms with Gasteiger partial charge in [-0.1, -0.05) is 30.3 Å². The standard InChI is InChI=1S/C19H24N4O3S/c1-2-26-11-18(25)21-19-15-12-27-13-16(15)22-23(19)10-17(24)20-9-8-14-6-4-3-5-7-14/h3-7H,2,8-13H2,1H3,(H,20,24)(H,21,25). The van der Waals surface area contributed by atoms with Crippen LogP contribution >= 0.6 is 11.8 Å². The van der Waals surface area contributed by atoms with E-state index in [9.17, 15) is 9.59 Å². The molecule has 0 saturated heterocycles. The summed E-state index contributed by atoms with van der Waals surface area (Å²) in [5, 5.41) is 10.3. The Balaban J connectivity index is 1.58. The predicted molar refractivity (Wildman–Crippen MR) is 106 cm³/mol. The lowest BCUT2D eigenvalue weighted by Crippen LogP contribution is -2.31. The summed E-state index contributed by atoms with van der Waals surface area (Å²) in [6.45, 7) is 2.95. The van der Waals surface area contributed by atoms with E-state index < -0.39 is 0 Å². The molecule has 0 spiro atoms. The van der Waals surface area contributed by atoms with Crippen molar-refractivity contribution in [3.05, 3.63) is 47.2 Å². The molecule has 0 aliphatic carbocycles. The summed E-state index contributed by atoms with van der Waals surface area (Å²) < 4.78 is 6.74. The van der Waals surface area contributed by atoms with Crippen LogP contribution in [-0.4, -0.2) is 41.4 Å². The number of nitrogens with one attached hydrogen (secondary N) is 2. The van der Waals surface area contributed by atoms with Gasteiger partial charge in [0.05, 0.1) is 5.69 Å². The molecule has 8 heteroatoms. The zero-order chi connectivity index (χ0) is 19.1. The number of anilines is 1. The van der Waals surface area contributed by atoms with Crippen molar-refractivity contribution >= 4 is 29.4 Å². The number of thioether (sulfide) groups is 1. The molecular formula is C19H24N4O3S. The van der Waals surface area contributed by atoms with E-state index >= 15 is 0 Å². The van der Waals surface area contributed by atoms with Crippen molar-refractivity contribution in [2.75, 3.05) is 25.1 Å². The van der Waals surface area contributed by atoms with E-state index in [1.54, 1.807) is 16.4 Å². The number of fused-ring (bicyclic) bond motifs is 1. The van der Waals surface area contributed by atoms with Crippen LogP contribution in [0.2, 0.25) is 0 Å². The maximum absolute atomic E-state index is 12.3. The van der Waals surface area contributed by atoms with Crippen LogP contribution in [0.4, 0.5) is 5.82 Å². The minimum Gasteiger partial charge on any atom is -0.372 e. The quantitative estimate of drug-likeness (QED) is 0.686. The summed E-state index contributed by atoms with van der Waals surface area (Å²) in [7, 11) is 0. The molecule has 0 atom stereocenters. The molecule has 3 rings (SSSR count). The SMILES string of the molecule is CCOCC(=O)Nc1c2c(nn1CC(=O)NCCc1ccccc1)CSC2. The Morgan fingerprint density at radius 3 is 2.81 bits per heavy atom. The van der Waals surface area contributed by atoms with E-state index in [4.69, 9.17) is 4.74 Å². The van der Waals surface area contributed by atoms with E-state index in [1.165, 1.54) is 5.56 Å². The summed E-state index contributed by atoms with van der Waals surface area (Å²) >= 11 is 1.75. The molecule has 1 aromatic heterocycles. The summed E-state index contributed by atoms with van der Waals surface area (Å²) in [4.78, 5) is 24.4. The molecule has 2 aromatic rings. The molecule has 7 nitrogen and oxygen atoms in total. The molecule has 0 saturated carbocycles. The maximum Gasteiger partial charge on any atom is 0.251 e. The highest BCUT2D eigenvalue weighted by Crippen LogP contribution is 2.34. The second-order valence-electron chi connectivity index (χ2n) is 6.20. The smallest absolute Gasteiger partial charge is 0.251 e. The van der Waals surface area contributed by atoms with E-state index in [2.05, 4.69) is 15.7 Å². The minimum absolute atomic E-state index is 0.00708. The average molecular weight is 388 g/mol. The fraction of sp³-hybridized carbons (Fsp3) is 0.421. The van der Waals surface area contributed by atoms with E-state index in [-0.39, 0.29) is 25.0 Å². The number of carbonyl (C=O) groups is 2. The molecule has 0 fully saturated rings. The van der Waals surface area contributed by atoms with E-state index in [0.29, 0.717) is 19.0 Å². The van der Waals surface area contributed by atoms with Crippen molar-refractivity contribution in [2.45, 2.75) is 31.4 Å². The maximum atomic E-state index is 12.3. The van der Waals surface area contributed by atoms with Crippen molar-refractivity contribution in [3.63, 3.8) is 0 Å². The van der Waals surface area contributed by atoms with Crippen LogP contribution < -0.4 is 10.6 Å². The van der Waals surface area contributed by atoms with E-state index in [1.807, 2.05) is 37.3 Å². The van der Waals surface area contributed by atoms with Crippen LogP contribution in [0.3, 0.4) is 0 Å². The van der Waals surface area contributed by atoms with Crippen molar-refractivity contribution < 1.29 is 14.3 Å². The van der Waals surface area contributed by atoms with Crippen molar-refractivity contribution in [3.8, 4) is 0 Å². The Morgan fingerprint density at radius 2 is 2.04 bits per heavy atom.